The summed E-state index contributed by atoms with van der Waals surface area (Å²) < 4.78 is 3.18. The molecule has 2 aromatic heterocycles. The van der Waals surface area contributed by atoms with Gasteiger partial charge in [0.25, 0.3) is 11.6 Å². The number of hydrogen-bond donors (Lipinski definition) is 0. The monoisotopic (exact) mass is 340 g/mol. The molecule has 0 unspecified atom stereocenters. The number of aryl methyl sites for hydroxylation is 1. The van der Waals surface area contributed by atoms with Crippen molar-refractivity contribution in [1.82, 2.24) is 24.2 Å². The van der Waals surface area contributed by atoms with Gasteiger partial charge < -0.3 is 9.47 Å². The molecule has 0 spiro atoms. The smallest absolute Gasteiger partial charge is 0.294 e. The van der Waals surface area contributed by atoms with Gasteiger partial charge in [0.05, 0.1) is 17.4 Å². The first-order chi connectivity index (χ1) is 12.0. The molecule has 0 aliphatic rings. The second kappa shape index (κ2) is 6.56. The predicted octanol–water partition coefficient (Wildman–Crippen LogP) is 1.79. The summed E-state index contributed by atoms with van der Waals surface area (Å²) in [5.41, 5.74) is 1.33. The van der Waals surface area contributed by atoms with Crippen LogP contribution in [-0.4, -0.2) is 42.1 Å². The van der Waals surface area contributed by atoms with Crippen LogP contribution in [0.3, 0.4) is 0 Å². The van der Waals surface area contributed by atoms with Crippen LogP contribution in [0.1, 0.15) is 15.9 Å². The molecule has 1 aromatic carbocycles. The Bertz CT molecular complexity index is 916. The van der Waals surface area contributed by atoms with Gasteiger partial charge in [-0.3, -0.25) is 19.6 Å². The minimum Gasteiger partial charge on any atom is -0.337 e. The number of nitro groups is 1. The van der Waals surface area contributed by atoms with E-state index in [2.05, 4.69) is 10.1 Å². The van der Waals surface area contributed by atoms with E-state index in [4.69, 9.17) is 0 Å². The Balaban J connectivity index is 1.87. The van der Waals surface area contributed by atoms with Crippen LogP contribution in [0.2, 0.25) is 0 Å². The number of aromatic nitrogens is 4. The Morgan fingerprint density at radius 1 is 1.40 bits per heavy atom. The van der Waals surface area contributed by atoms with Gasteiger partial charge in [-0.25, -0.2) is 4.98 Å². The van der Waals surface area contributed by atoms with Crippen molar-refractivity contribution < 1.29 is 9.72 Å². The molecule has 2 heterocycles. The van der Waals surface area contributed by atoms with Crippen molar-refractivity contribution >= 4 is 11.6 Å². The highest BCUT2D eigenvalue weighted by Gasteiger charge is 2.20. The van der Waals surface area contributed by atoms with Gasteiger partial charge in [-0.1, -0.05) is 0 Å². The first-order valence-corrected chi connectivity index (χ1v) is 7.45. The van der Waals surface area contributed by atoms with Gasteiger partial charge in [-0.15, -0.1) is 0 Å². The molecule has 128 valence electrons. The second-order valence-electron chi connectivity index (χ2n) is 5.61. The van der Waals surface area contributed by atoms with Crippen LogP contribution in [0.4, 0.5) is 5.69 Å². The summed E-state index contributed by atoms with van der Waals surface area (Å²) in [7, 11) is 3.44. The highest BCUT2D eigenvalue weighted by Crippen LogP contribution is 2.25. The lowest BCUT2D eigenvalue weighted by Crippen LogP contribution is -2.26. The average Bonchev–Trinajstić information content (AvgIpc) is 3.25. The topological polar surface area (TPSA) is 99.1 Å². The van der Waals surface area contributed by atoms with Crippen molar-refractivity contribution in [3.8, 4) is 5.69 Å². The third kappa shape index (κ3) is 3.39. The van der Waals surface area contributed by atoms with Crippen molar-refractivity contribution in [2.24, 2.45) is 7.05 Å². The molecule has 9 nitrogen and oxygen atoms in total. The molecular weight excluding hydrogens is 324 g/mol. The molecule has 3 aromatic rings. The van der Waals surface area contributed by atoms with Crippen LogP contribution < -0.4 is 0 Å². The van der Waals surface area contributed by atoms with Gasteiger partial charge >= 0.3 is 0 Å². The lowest BCUT2D eigenvalue weighted by atomic mass is 10.1. The number of nitrogens with zero attached hydrogens (tertiary/aromatic N) is 6. The lowest BCUT2D eigenvalue weighted by Gasteiger charge is -2.16. The van der Waals surface area contributed by atoms with E-state index in [1.54, 1.807) is 43.3 Å². The Morgan fingerprint density at radius 2 is 2.20 bits per heavy atom. The molecule has 0 radical (unpaired) electrons. The minimum absolute atomic E-state index is 0.154. The van der Waals surface area contributed by atoms with E-state index < -0.39 is 4.92 Å². The van der Waals surface area contributed by atoms with Gasteiger partial charge in [0.1, 0.15) is 5.69 Å². The van der Waals surface area contributed by atoms with Crippen molar-refractivity contribution in [3.63, 3.8) is 0 Å². The van der Waals surface area contributed by atoms with Crippen molar-refractivity contribution in [3.05, 3.63) is 70.6 Å². The quantitative estimate of drug-likeness (QED) is 0.521. The summed E-state index contributed by atoms with van der Waals surface area (Å²) in [5, 5.41) is 15.5. The summed E-state index contributed by atoms with van der Waals surface area (Å²) in [6.45, 7) is 0.365. The predicted molar refractivity (Wildman–Crippen MR) is 89.2 cm³/mol. The number of nitro benzene ring substituents is 1. The van der Waals surface area contributed by atoms with Crippen molar-refractivity contribution in [2.75, 3.05) is 7.05 Å². The summed E-state index contributed by atoms with van der Waals surface area (Å²) in [4.78, 5) is 28.9. The molecule has 25 heavy (non-hydrogen) atoms. The molecule has 3 rings (SSSR count). The summed E-state index contributed by atoms with van der Waals surface area (Å²) >= 11 is 0. The third-order valence-corrected chi connectivity index (χ3v) is 3.73. The van der Waals surface area contributed by atoms with Gasteiger partial charge in [-0.2, -0.15) is 5.10 Å². The molecule has 0 saturated carbocycles. The summed E-state index contributed by atoms with van der Waals surface area (Å²) in [6.07, 6.45) is 8.10. The SMILES string of the molecule is CN(Cc1cnn(C)c1)C(=O)c1ccc(-n2ccnc2)c([N+](=O)[O-])c1. The molecule has 0 fully saturated rings. The van der Waals surface area contributed by atoms with Gasteiger partial charge in [-0.05, 0) is 12.1 Å². The maximum atomic E-state index is 12.6. The summed E-state index contributed by atoms with van der Waals surface area (Å²) in [6, 6.07) is 4.41. The molecule has 0 aliphatic carbocycles. The van der Waals surface area contributed by atoms with E-state index >= 15 is 0 Å². The number of hydrogen-bond acceptors (Lipinski definition) is 5. The Kier molecular flexibility index (Phi) is 4.29. The van der Waals surface area contributed by atoms with Crippen molar-refractivity contribution in [2.45, 2.75) is 6.54 Å². The van der Waals surface area contributed by atoms with Crippen LogP contribution in [0.15, 0.2) is 49.3 Å². The summed E-state index contributed by atoms with van der Waals surface area (Å²) in [5.74, 6) is -0.302. The first-order valence-electron chi connectivity index (χ1n) is 7.45. The lowest BCUT2D eigenvalue weighted by molar-refractivity contribution is -0.384. The number of imidazole rings is 1. The fraction of sp³-hybridized carbons (Fsp3) is 0.188. The van der Waals surface area contributed by atoms with Gasteiger partial charge in [0.2, 0.25) is 0 Å². The van der Waals surface area contributed by atoms with E-state index in [-0.39, 0.29) is 17.2 Å². The van der Waals surface area contributed by atoms with Crippen LogP contribution >= 0.6 is 0 Å². The number of carbonyl (C=O) groups is 1. The normalized spacial score (nSPS) is 10.6. The highest BCUT2D eigenvalue weighted by atomic mass is 16.6. The zero-order chi connectivity index (χ0) is 18.0. The molecule has 0 atom stereocenters. The van der Waals surface area contributed by atoms with E-state index in [0.717, 1.165) is 5.56 Å². The molecule has 0 bridgehead atoms. The largest absolute Gasteiger partial charge is 0.337 e. The Hall–Kier alpha value is -3.49. The molecule has 9 heteroatoms. The average molecular weight is 340 g/mol. The molecular formula is C16H16N6O3. The number of amides is 1. The van der Waals surface area contributed by atoms with Crippen LogP contribution in [0.5, 0.6) is 0 Å². The number of rotatable bonds is 5. The number of carbonyl (C=O) groups excluding carboxylic acids is 1. The molecule has 0 saturated heterocycles. The zero-order valence-electron chi connectivity index (χ0n) is 13.7. The van der Waals surface area contributed by atoms with E-state index in [9.17, 15) is 14.9 Å². The van der Waals surface area contributed by atoms with Crippen LogP contribution in [0.25, 0.3) is 5.69 Å². The van der Waals surface area contributed by atoms with E-state index in [1.807, 2.05) is 6.20 Å². The molecule has 1 amide bonds. The van der Waals surface area contributed by atoms with E-state index in [1.165, 1.54) is 28.1 Å². The van der Waals surface area contributed by atoms with E-state index in [0.29, 0.717) is 12.2 Å². The van der Waals surface area contributed by atoms with Gasteiger partial charge in [0.15, 0.2) is 0 Å². The van der Waals surface area contributed by atoms with Gasteiger partial charge in [0, 0.05) is 56.4 Å². The van der Waals surface area contributed by atoms with Crippen LogP contribution in [0, 0.1) is 10.1 Å². The first kappa shape index (κ1) is 16.4. The molecule has 0 N–H and O–H groups in total. The fourth-order valence-electron chi connectivity index (χ4n) is 2.54. The highest BCUT2D eigenvalue weighted by molar-refractivity contribution is 5.95. The number of benzene rings is 1. The fourth-order valence-corrected chi connectivity index (χ4v) is 2.54. The Labute approximate surface area is 143 Å². The second-order valence-corrected chi connectivity index (χ2v) is 5.61. The maximum absolute atomic E-state index is 12.6. The standard InChI is InChI=1S/C16H16N6O3/c1-19(9-12-8-18-20(2)10-12)16(23)13-3-4-14(15(7-13)22(24)25)21-6-5-17-11-21/h3-8,10-11H,9H2,1-2H3. The molecule has 0 aliphatic heterocycles. The Morgan fingerprint density at radius 3 is 2.80 bits per heavy atom. The minimum atomic E-state index is -0.507. The maximum Gasteiger partial charge on any atom is 0.294 e. The third-order valence-electron chi connectivity index (χ3n) is 3.73. The zero-order valence-corrected chi connectivity index (χ0v) is 13.7. The van der Waals surface area contributed by atoms with Crippen molar-refractivity contribution in [1.29, 1.82) is 0 Å². The van der Waals surface area contributed by atoms with Crippen LogP contribution in [-0.2, 0) is 13.6 Å².